The number of hydrogen-bond acceptors (Lipinski definition) is 3. The molecule has 0 fully saturated rings. The number of rotatable bonds is 4. The summed E-state index contributed by atoms with van der Waals surface area (Å²) in [6.45, 7) is 3.81. The first-order valence-electron chi connectivity index (χ1n) is 6.26. The van der Waals surface area contributed by atoms with Crippen LogP contribution in [0.3, 0.4) is 0 Å². The maximum absolute atomic E-state index is 11.8. The molecule has 0 saturated carbocycles. The summed E-state index contributed by atoms with van der Waals surface area (Å²) in [4.78, 5) is 16.0. The SMILES string of the molecule is COc1ccc(-c2ccc(C(=O)C(C)C)cc2)cn1. The third-order valence-electron chi connectivity index (χ3n) is 2.97. The van der Waals surface area contributed by atoms with E-state index in [1.54, 1.807) is 13.3 Å². The number of aromatic nitrogens is 1. The molecule has 0 aliphatic heterocycles. The van der Waals surface area contributed by atoms with Crippen LogP contribution in [0.25, 0.3) is 11.1 Å². The zero-order valence-electron chi connectivity index (χ0n) is 11.4. The fraction of sp³-hybridized carbons (Fsp3) is 0.250. The number of ether oxygens (including phenoxy) is 1. The van der Waals surface area contributed by atoms with Gasteiger partial charge in [-0.15, -0.1) is 0 Å². The Labute approximate surface area is 113 Å². The van der Waals surface area contributed by atoms with Gasteiger partial charge in [0.25, 0.3) is 0 Å². The van der Waals surface area contributed by atoms with Crippen molar-refractivity contribution >= 4 is 5.78 Å². The minimum Gasteiger partial charge on any atom is -0.481 e. The van der Waals surface area contributed by atoms with Gasteiger partial charge in [0.2, 0.25) is 5.88 Å². The smallest absolute Gasteiger partial charge is 0.212 e. The molecule has 2 rings (SSSR count). The molecule has 0 spiro atoms. The molecule has 0 unspecified atom stereocenters. The summed E-state index contributed by atoms with van der Waals surface area (Å²) >= 11 is 0. The molecule has 1 aromatic carbocycles. The van der Waals surface area contributed by atoms with Gasteiger partial charge >= 0.3 is 0 Å². The minimum absolute atomic E-state index is 0.0218. The maximum atomic E-state index is 11.8. The molecule has 0 saturated heterocycles. The first kappa shape index (κ1) is 13.3. The lowest BCUT2D eigenvalue weighted by Crippen LogP contribution is -2.06. The minimum atomic E-state index is 0.0218. The Hall–Kier alpha value is -2.16. The zero-order valence-corrected chi connectivity index (χ0v) is 11.4. The van der Waals surface area contributed by atoms with Gasteiger partial charge in [-0.3, -0.25) is 4.79 Å². The van der Waals surface area contributed by atoms with E-state index in [4.69, 9.17) is 4.74 Å². The molecule has 3 heteroatoms. The Morgan fingerprint density at radius 3 is 2.16 bits per heavy atom. The number of nitrogens with zero attached hydrogens (tertiary/aromatic N) is 1. The van der Waals surface area contributed by atoms with Gasteiger partial charge in [0.05, 0.1) is 7.11 Å². The van der Waals surface area contributed by atoms with Crippen molar-refractivity contribution in [3.63, 3.8) is 0 Å². The largest absolute Gasteiger partial charge is 0.481 e. The Balaban J connectivity index is 2.24. The third kappa shape index (κ3) is 2.99. The van der Waals surface area contributed by atoms with E-state index in [-0.39, 0.29) is 11.7 Å². The van der Waals surface area contributed by atoms with Gasteiger partial charge in [-0.1, -0.05) is 38.1 Å². The molecule has 0 bridgehead atoms. The number of methoxy groups -OCH3 is 1. The van der Waals surface area contributed by atoms with E-state index in [1.807, 2.05) is 50.2 Å². The molecule has 0 radical (unpaired) electrons. The van der Waals surface area contributed by atoms with Crippen LogP contribution in [-0.2, 0) is 0 Å². The highest BCUT2D eigenvalue weighted by atomic mass is 16.5. The molecule has 0 aliphatic carbocycles. The van der Waals surface area contributed by atoms with Crippen LogP contribution < -0.4 is 4.74 Å². The van der Waals surface area contributed by atoms with Crippen molar-refractivity contribution in [1.29, 1.82) is 0 Å². The first-order chi connectivity index (χ1) is 9.11. The molecular formula is C16H17NO2. The molecule has 0 atom stereocenters. The Morgan fingerprint density at radius 1 is 1.05 bits per heavy atom. The number of carbonyl (C=O) groups is 1. The molecule has 2 aromatic rings. The standard InChI is InChI=1S/C16H17NO2/c1-11(2)16(18)13-6-4-12(5-7-13)14-8-9-15(19-3)17-10-14/h4-11H,1-3H3. The highest BCUT2D eigenvalue weighted by molar-refractivity contribution is 5.97. The number of pyridine rings is 1. The molecular weight excluding hydrogens is 238 g/mol. The van der Waals surface area contributed by atoms with Crippen LogP contribution >= 0.6 is 0 Å². The van der Waals surface area contributed by atoms with Crippen molar-refractivity contribution in [2.24, 2.45) is 5.92 Å². The lowest BCUT2D eigenvalue weighted by atomic mass is 9.98. The topological polar surface area (TPSA) is 39.2 Å². The van der Waals surface area contributed by atoms with Crippen molar-refractivity contribution in [3.05, 3.63) is 48.2 Å². The van der Waals surface area contributed by atoms with Gasteiger partial charge in [0.1, 0.15) is 0 Å². The van der Waals surface area contributed by atoms with Crippen LogP contribution in [0.1, 0.15) is 24.2 Å². The second kappa shape index (κ2) is 5.65. The monoisotopic (exact) mass is 255 g/mol. The second-order valence-electron chi connectivity index (χ2n) is 4.69. The predicted octanol–water partition coefficient (Wildman–Crippen LogP) is 3.60. The fourth-order valence-corrected chi connectivity index (χ4v) is 1.83. The summed E-state index contributed by atoms with van der Waals surface area (Å²) < 4.78 is 5.03. The van der Waals surface area contributed by atoms with Gasteiger partial charge in [-0.2, -0.15) is 0 Å². The Bertz CT molecular complexity index is 556. The van der Waals surface area contributed by atoms with E-state index in [9.17, 15) is 4.79 Å². The van der Waals surface area contributed by atoms with E-state index in [1.165, 1.54) is 0 Å². The quantitative estimate of drug-likeness (QED) is 0.784. The predicted molar refractivity (Wildman–Crippen MR) is 75.4 cm³/mol. The lowest BCUT2D eigenvalue weighted by Gasteiger charge is -2.06. The summed E-state index contributed by atoms with van der Waals surface area (Å²) in [5, 5.41) is 0. The van der Waals surface area contributed by atoms with Crippen LogP contribution in [0.2, 0.25) is 0 Å². The lowest BCUT2D eigenvalue weighted by molar-refractivity contribution is 0.0939. The number of ketones is 1. The fourth-order valence-electron chi connectivity index (χ4n) is 1.83. The van der Waals surface area contributed by atoms with Crippen molar-refractivity contribution in [2.75, 3.05) is 7.11 Å². The molecule has 1 heterocycles. The molecule has 98 valence electrons. The van der Waals surface area contributed by atoms with Gasteiger partial charge in [-0.25, -0.2) is 4.98 Å². The summed E-state index contributed by atoms with van der Waals surface area (Å²) in [6, 6.07) is 11.4. The van der Waals surface area contributed by atoms with E-state index in [0.29, 0.717) is 5.88 Å². The summed E-state index contributed by atoms with van der Waals surface area (Å²) in [5.41, 5.74) is 2.79. The van der Waals surface area contributed by atoms with E-state index < -0.39 is 0 Å². The van der Waals surface area contributed by atoms with Gasteiger partial charge in [0, 0.05) is 29.3 Å². The molecule has 0 amide bonds. The summed E-state index contributed by atoms with van der Waals surface area (Å²) in [7, 11) is 1.59. The van der Waals surface area contributed by atoms with E-state index >= 15 is 0 Å². The summed E-state index contributed by atoms with van der Waals surface area (Å²) in [5.74, 6) is 0.781. The van der Waals surface area contributed by atoms with Crippen LogP contribution in [0.15, 0.2) is 42.6 Å². The number of carbonyl (C=O) groups excluding carboxylic acids is 1. The molecule has 0 aliphatic rings. The Kier molecular flexibility index (Phi) is 3.95. The van der Waals surface area contributed by atoms with Gasteiger partial charge in [0.15, 0.2) is 5.78 Å². The molecule has 19 heavy (non-hydrogen) atoms. The van der Waals surface area contributed by atoms with Crippen LogP contribution in [0, 0.1) is 5.92 Å². The second-order valence-corrected chi connectivity index (χ2v) is 4.69. The van der Waals surface area contributed by atoms with Crippen molar-refractivity contribution < 1.29 is 9.53 Å². The van der Waals surface area contributed by atoms with E-state index in [2.05, 4.69) is 4.98 Å². The normalized spacial score (nSPS) is 10.5. The highest BCUT2D eigenvalue weighted by Gasteiger charge is 2.10. The average Bonchev–Trinajstić information content (AvgIpc) is 2.46. The average molecular weight is 255 g/mol. The van der Waals surface area contributed by atoms with Crippen LogP contribution in [-0.4, -0.2) is 17.9 Å². The van der Waals surface area contributed by atoms with Gasteiger partial charge in [-0.05, 0) is 11.6 Å². The maximum Gasteiger partial charge on any atom is 0.212 e. The molecule has 1 aromatic heterocycles. The number of Topliss-reactive ketones (excluding diaryl/α,β-unsaturated/α-hetero) is 1. The van der Waals surface area contributed by atoms with Crippen molar-refractivity contribution in [3.8, 4) is 17.0 Å². The van der Waals surface area contributed by atoms with Crippen LogP contribution in [0.4, 0.5) is 0 Å². The van der Waals surface area contributed by atoms with E-state index in [0.717, 1.165) is 16.7 Å². The Morgan fingerprint density at radius 2 is 1.68 bits per heavy atom. The highest BCUT2D eigenvalue weighted by Crippen LogP contribution is 2.21. The van der Waals surface area contributed by atoms with Crippen LogP contribution in [0.5, 0.6) is 5.88 Å². The number of hydrogen-bond donors (Lipinski definition) is 0. The first-order valence-corrected chi connectivity index (χ1v) is 6.26. The third-order valence-corrected chi connectivity index (χ3v) is 2.97. The van der Waals surface area contributed by atoms with Crippen molar-refractivity contribution in [1.82, 2.24) is 4.98 Å². The zero-order chi connectivity index (χ0) is 13.8. The summed E-state index contributed by atoms with van der Waals surface area (Å²) in [6.07, 6.45) is 1.76. The number of benzene rings is 1. The van der Waals surface area contributed by atoms with Crippen molar-refractivity contribution in [2.45, 2.75) is 13.8 Å². The molecule has 3 nitrogen and oxygen atoms in total. The van der Waals surface area contributed by atoms with Gasteiger partial charge < -0.3 is 4.74 Å². The molecule has 0 N–H and O–H groups in total.